The van der Waals surface area contributed by atoms with E-state index >= 15 is 0 Å². The number of amides is 1. The third kappa shape index (κ3) is 2.17. The van der Waals surface area contributed by atoms with Crippen LogP contribution in [0.25, 0.3) is 0 Å². The number of hydrogen-bond donors (Lipinski definition) is 1. The number of nitrogens with two attached hydrogens (primary N) is 1. The zero-order chi connectivity index (χ0) is 10.8. The monoisotopic (exact) mass is 210 g/mol. The van der Waals surface area contributed by atoms with Crippen molar-refractivity contribution in [1.29, 1.82) is 0 Å². The van der Waals surface area contributed by atoms with E-state index < -0.39 is 0 Å². The number of carbonyl (C=O) groups is 1. The van der Waals surface area contributed by atoms with E-state index in [1.54, 1.807) is 0 Å². The maximum Gasteiger partial charge on any atom is 0.222 e. The summed E-state index contributed by atoms with van der Waals surface area (Å²) in [7, 11) is 0. The summed E-state index contributed by atoms with van der Waals surface area (Å²) in [6, 6.07) is 0.346. The zero-order valence-electron chi connectivity index (χ0n) is 9.61. The number of fused-ring (bicyclic) bond motifs is 1. The lowest BCUT2D eigenvalue weighted by Crippen LogP contribution is -2.33. The van der Waals surface area contributed by atoms with Gasteiger partial charge < -0.3 is 10.6 Å². The van der Waals surface area contributed by atoms with Gasteiger partial charge in [0, 0.05) is 25.6 Å². The normalized spacial score (nSPS) is 34.5. The standard InChI is InChI=1S/C12H22N2O/c1-2-3-4-12(15)14-7-9-5-6-11(13)10(9)8-14/h9-11H,2-8,13H2,1H3. The molecule has 0 radical (unpaired) electrons. The first-order valence-electron chi connectivity index (χ1n) is 6.25. The summed E-state index contributed by atoms with van der Waals surface area (Å²) < 4.78 is 0. The minimum atomic E-state index is 0.346. The van der Waals surface area contributed by atoms with Crippen molar-refractivity contribution in [3.63, 3.8) is 0 Å². The maximum atomic E-state index is 11.8. The molecule has 2 fully saturated rings. The second-order valence-electron chi connectivity index (χ2n) is 5.07. The Balaban J connectivity index is 1.85. The van der Waals surface area contributed by atoms with Gasteiger partial charge in [-0.05, 0) is 31.1 Å². The van der Waals surface area contributed by atoms with Crippen LogP contribution in [0.15, 0.2) is 0 Å². The van der Waals surface area contributed by atoms with Crippen molar-refractivity contribution in [2.24, 2.45) is 17.6 Å². The molecule has 0 spiro atoms. The van der Waals surface area contributed by atoms with E-state index in [9.17, 15) is 4.79 Å². The van der Waals surface area contributed by atoms with E-state index in [-0.39, 0.29) is 0 Å². The van der Waals surface area contributed by atoms with Crippen LogP contribution in [0.3, 0.4) is 0 Å². The Hall–Kier alpha value is -0.570. The average Bonchev–Trinajstić information content (AvgIpc) is 2.78. The number of hydrogen-bond acceptors (Lipinski definition) is 2. The largest absolute Gasteiger partial charge is 0.342 e. The molecule has 0 aromatic rings. The quantitative estimate of drug-likeness (QED) is 0.764. The number of carbonyl (C=O) groups excluding carboxylic acids is 1. The summed E-state index contributed by atoms with van der Waals surface area (Å²) in [5.41, 5.74) is 6.04. The van der Waals surface area contributed by atoms with E-state index in [1.807, 2.05) is 4.90 Å². The van der Waals surface area contributed by atoms with Crippen LogP contribution in [0, 0.1) is 11.8 Å². The van der Waals surface area contributed by atoms with E-state index in [0.717, 1.165) is 38.8 Å². The lowest BCUT2D eigenvalue weighted by atomic mass is 9.98. The Morgan fingerprint density at radius 1 is 1.40 bits per heavy atom. The van der Waals surface area contributed by atoms with Gasteiger partial charge in [-0.15, -0.1) is 0 Å². The molecule has 1 aliphatic heterocycles. The molecule has 0 bridgehead atoms. The Morgan fingerprint density at radius 2 is 2.20 bits per heavy atom. The molecule has 15 heavy (non-hydrogen) atoms. The molecular weight excluding hydrogens is 188 g/mol. The summed E-state index contributed by atoms with van der Waals surface area (Å²) in [6.07, 6.45) is 5.24. The maximum absolute atomic E-state index is 11.8. The molecule has 1 heterocycles. The summed E-state index contributed by atoms with van der Waals surface area (Å²) in [5, 5.41) is 0. The van der Waals surface area contributed by atoms with Crippen molar-refractivity contribution in [2.75, 3.05) is 13.1 Å². The number of nitrogens with zero attached hydrogens (tertiary/aromatic N) is 1. The predicted molar refractivity (Wildman–Crippen MR) is 60.3 cm³/mol. The van der Waals surface area contributed by atoms with Crippen molar-refractivity contribution in [2.45, 2.75) is 45.1 Å². The summed E-state index contributed by atoms with van der Waals surface area (Å²) in [6.45, 7) is 4.03. The molecule has 2 aliphatic rings. The molecule has 1 aliphatic carbocycles. The SMILES string of the molecule is CCCCC(=O)N1CC2CCC(N)C2C1. The first kappa shape index (κ1) is 10.9. The summed E-state index contributed by atoms with van der Waals surface area (Å²) >= 11 is 0. The predicted octanol–water partition coefficient (Wildman–Crippen LogP) is 1.37. The zero-order valence-corrected chi connectivity index (χ0v) is 9.61. The molecule has 2 N–H and O–H groups in total. The Kier molecular flexibility index (Phi) is 3.29. The van der Waals surface area contributed by atoms with Crippen LogP contribution in [0.4, 0.5) is 0 Å². The Bertz CT molecular complexity index is 242. The van der Waals surface area contributed by atoms with Crippen LogP contribution < -0.4 is 5.73 Å². The minimum Gasteiger partial charge on any atom is -0.342 e. The van der Waals surface area contributed by atoms with Crippen LogP contribution >= 0.6 is 0 Å². The lowest BCUT2D eigenvalue weighted by molar-refractivity contribution is -0.130. The first-order valence-corrected chi connectivity index (χ1v) is 6.25. The van der Waals surface area contributed by atoms with Crippen LogP contribution in [-0.2, 0) is 4.79 Å². The second kappa shape index (κ2) is 4.52. The number of likely N-dealkylation sites (tertiary alicyclic amines) is 1. The molecular formula is C12H22N2O. The van der Waals surface area contributed by atoms with Gasteiger partial charge in [-0.3, -0.25) is 4.79 Å². The highest BCUT2D eigenvalue weighted by atomic mass is 16.2. The lowest BCUT2D eigenvalue weighted by Gasteiger charge is -2.18. The molecule has 3 nitrogen and oxygen atoms in total. The molecule has 86 valence electrons. The average molecular weight is 210 g/mol. The Morgan fingerprint density at radius 3 is 2.87 bits per heavy atom. The molecule has 3 atom stereocenters. The van der Waals surface area contributed by atoms with Crippen LogP contribution in [0.5, 0.6) is 0 Å². The smallest absolute Gasteiger partial charge is 0.222 e. The van der Waals surface area contributed by atoms with Crippen molar-refractivity contribution < 1.29 is 4.79 Å². The van der Waals surface area contributed by atoms with Crippen molar-refractivity contribution in [3.8, 4) is 0 Å². The third-order valence-electron chi connectivity index (χ3n) is 4.01. The van der Waals surface area contributed by atoms with Gasteiger partial charge in [-0.1, -0.05) is 13.3 Å². The highest BCUT2D eigenvalue weighted by molar-refractivity contribution is 5.76. The van der Waals surface area contributed by atoms with E-state index in [2.05, 4.69) is 6.92 Å². The second-order valence-corrected chi connectivity index (χ2v) is 5.07. The highest BCUT2D eigenvalue weighted by Gasteiger charge is 2.42. The summed E-state index contributed by atoms with van der Waals surface area (Å²) in [4.78, 5) is 13.9. The van der Waals surface area contributed by atoms with Crippen LogP contribution in [0.1, 0.15) is 39.0 Å². The van der Waals surface area contributed by atoms with Gasteiger partial charge in [0.25, 0.3) is 0 Å². The Labute approximate surface area is 92.0 Å². The van der Waals surface area contributed by atoms with E-state index in [0.29, 0.717) is 23.8 Å². The minimum absolute atomic E-state index is 0.346. The molecule has 0 aromatic heterocycles. The van der Waals surface area contributed by atoms with Gasteiger partial charge in [-0.2, -0.15) is 0 Å². The number of unbranched alkanes of at least 4 members (excludes halogenated alkanes) is 1. The number of rotatable bonds is 3. The van der Waals surface area contributed by atoms with Crippen molar-refractivity contribution in [3.05, 3.63) is 0 Å². The summed E-state index contributed by atoms with van der Waals surface area (Å²) in [5.74, 6) is 1.64. The first-order chi connectivity index (χ1) is 7.22. The van der Waals surface area contributed by atoms with Gasteiger partial charge in [0.2, 0.25) is 5.91 Å². The third-order valence-corrected chi connectivity index (χ3v) is 4.01. The molecule has 0 aromatic carbocycles. The fourth-order valence-corrected chi connectivity index (χ4v) is 3.00. The molecule has 1 amide bonds. The highest BCUT2D eigenvalue weighted by Crippen LogP contribution is 2.37. The molecule has 3 heteroatoms. The van der Waals surface area contributed by atoms with Crippen LogP contribution in [0.2, 0.25) is 0 Å². The van der Waals surface area contributed by atoms with Gasteiger partial charge in [-0.25, -0.2) is 0 Å². The van der Waals surface area contributed by atoms with E-state index in [1.165, 1.54) is 6.42 Å². The molecule has 1 saturated carbocycles. The topological polar surface area (TPSA) is 46.3 Å². The van der Waals surface area contributed by atoms with E-state index in [4.69, 9.17) is 5.73 Å². The van der Waals surface area contributed by atoms with Gasteiger partial charge in [0.15, 0.2) is 0 Å². The van der Waals surface area contributed by atoms with Crippen LogP contribution in [-0.4, -0.2) is 29.9 Å². The fourth-order valence-electron chi connectivity index (χ4n) is 3.00. The fraction of sp³-hybridized carbons (Fsp3) is 0.917. The van der Waals surface area contributed by atoms with Crippen molar-refractivity contribution in [1.82, 2.24) is 4.90 Å². The molecule has 2 rings (SSSR count). The molecule has 3 unspecified atom stereocenters. The van der Waals surface area contributed by atoms with Crippen molar-refractivity contribution >= 4 is 5.91 Å². The van der Waals surface area contributed by atoms with Gasteiger partial charge in [0.1, 0.15) is 0 Å². The van der Waals surface area contributed by atoms with Gasteiger partial charge >= 0.3 is 0 Å². The van der Waals surface area contributed by atoms with Gasteiger partial charge in [0.05, 0.1) is 0 Å². The molecule has 1 saturated heterocycles.